The lowest BCUT2D eigenvalue weighted by Crippen LogP contribution is -2.12. The third-order valence-electron chi connectivity index (χ3n) is 4.54. The Balaban J connectivity index is 1.83. The number of carbonyl (C=O) groups is 1. The lowest BCUT2D eigenvalue weighted by Gasteiger charge is -2.18. The van der Waals surface area contributed by atoms with Crippen molar-refractivity contribution >= 4 is 11.5 Å². The second-order valence-electron chi connectivity index (χ2n) is 6.69. The van der Waals surface area contributed by atoms with Gasteiger partial charge in [-0.15, -0.1) is 0 Å². The highest BCUT2D eigenvalue weighted by Gasteiger charge is 2.16. The molecule has 0 aliphatic carbocycles. The highest BCUT2D eigenvalue weighted by Crippen LogP contribution is 2.31. The van der Waals surface area contributed by atoms with Crippen molar-refractivity contribution in [3.05, 3.63) is 71.8 Å². The number of H-pyrrole nitrogens is 1. The van der Waals surface area contributed by atoms with E-state index in [1.807, 2.05) is 50.3 Å². The first-order valence-corrected chi connectivity index (χ1v) is 8.55. The van der Waals surface area contributed by atoms with Crippen LogP contribution in [0.15, 0.2) is 54.9 Å². The Labute approximate surface area is 152 Å². The van der Waals surface area contributed by atoms with Crippen molar-refractivity contribution in [3.8, 4) is 11.1 Å². The van der Waals surface area contributed by atoms with Crippen LogP contribution >= 0.6 is 0 Å². The first-order chi connectivity index (χ1) is 12.5. The zero-order chi connectivity index (χ0) is 18.7. The minimum atomic E-state index is -0.266. The number of aromatic amines is 1. The van der Waals surface area contributed by atoms with Crippen LogP contribution in [0.3, 0.4) is 0 Å². The molecule has 0 amide bonds. The minimum absolute atomic E-state index is 0.0273. The number of aromatic nitrogens is 2. The molecule has 5 heteroatoms. The van der Waals surface area contributed by atoms with E-state index in [2.05, 4.69) is 10.2 Å². The zero-order valence-corrected chi connectivity index (χ0v) is 15.2. The van der Waals surface area contributed by atoms with E-state index in [1.54, 1.807) is 18.3 Å². The number of nitrogens with zero attached hydrogens (tertiary/aromatic N) is 2. The number of halogens is 1. The maximum absolute atomic E-state index is 13.1. The van der Waals surface area contributed by atoms with Crippen LogP contribution in [0.4, 0.5) is 10.1 Å². The summed E-state index contributed by atoms with van der Waals surface area (Å²) in [6.45, 7) is 1.98. The monoisotopic (exact) mass is 351 g/mol. The second kappa shape index (κ2) is 7.52. The first-order valence-electron chi connectivity index (χ1n) is 8.55. The van der Waals surface area contributed by atoms with E-state index in [0.29, 0.717) is 12.0 Å². The first kappa shape index (κ1) is 17.9. The fourth-order valence-electron chi connectivity index (χ4n) is 3.02. The number of benzene rings is 2. The molecule has 134 valence electrons. The van der Waals surface area contributed by atoms with Crippen LogP contribution in [-0.4, -0.2) is 30.1 Å². The molecular formula is C21H22FN3O. The van der Waals surface area contributed by atoms with Gasteiger partial charge in [-0.1, -0.05) is 31.2 Å². The molecule has 0 radical (unpaired) electrons. The molecule has 0 bridgehead atoms. The van der Waals surface area contributed by atoms with Gasteiger partial charge in [-0.2, -0.15) is 5.10 Å². The summed E-state index contributed by atoms with van der Waals surface area (Å²) >= 11 is 0. The average molecular weight is 351 g/mol. The Hall–Kier alpha value is -2.95. The smallest absolute Gasteiger partial charge is 0.163 e. The molecule has 0 aliphatic heterocycles. The minimum Gasteiger partial charge on any atom is -0.377 e. The van der Waals surface area contributed by atoms with Crippen molar-refractivity contribution < 1.29 is 9.18 Å². The number of anilines is 1. The van der Waals surface area contributed by atoms with Crippen LogP contribution < -0.4 is 4.90 Å². The molecular weight excluding hydrogens is 329 g/mol. The average Bonchev–Trinajstić information content (AvgIpc) is 3.16. The van der Waals surface area contributed by atoms with Crippen molar-refractivity contribution in [1.82, 2.24) is 10.2 Å². The number of rotatable bonds is 6. The van der Waals surface area contributed by atoms with Crippen LogP contribution in [0.25, 0.3) is 11.1 Å². The molecule has 0 fully saturated rings. The third kappa shape index (κ3) is 3.82. The van der Waals surface area contributed by atoms with Gasteiger partial charge in [0.05, 0.1) is 6.20 Å². The fraction of sp³-hybridized carbons (Fsp3) is 0.238. The molecule has 3 aromatic rings. The van der Waals surface area contributed by atoms with Gasteiger partial charge in [-0.25, -0.2) is 4.39 Å². The topological polar surface area (TPSA) is 49.0 Å². The Bertz CT molecular complexity index is 886. The molecule has 4 nitrogen and oxygen atoms in total. The Morgan fingerprint density at radius 3 is 2.54 bits per heavy atom. The Morgan fingerprint density at radius 2 is 1.92 bits per heavy atom. The number of hydrogen-bond donors (Lipinski definition) is 1. The van der Waals surface area contributed by atoms with Gasteiger partial charge in [-0.3, -0.25) is 9.89 Å². The SMILES string of the molecule is C[C@@H](CC(=O)c1ccc(-c2cn[nH]c2)c(N(C)C)c1)c1ccc(F)cc1. The van der Waals surface area contributed by atoms with Crippen molar-refractivity contribution in [1.29, 1.82) is 0 Å². The van der Waals surface area contributed by atoms with E-state index < -0.39 is 0 Å². The van der Waals surface area contributed by atoms with Gasteiger partial charge in [0, 0.05) is 49.1 Å². The zero-order valence-electron chi connectivity index (χ0n) is 15.2. The van der Waals surface area contributed by atoms with Gasteiger partial charge < -0.3 is 4.90 Å². The molecule has 0 saturated heterocycles. The summed E-state index contributed by atoms with van der Waals surface area (Å²) in [5.41, 5.74) is 4.60. The largest absolute Gasteiger partial charge is 0.377 e. The number of nitrogens with one attached hydrogen (secondary N) is 1. The number of Topliss-reactive ketones (excluding diaryl/α,β-unsaturated/α-hetero) is 1. The number of ketones is 1. The molecule has 1 heterocycles. The fourth-order valence-corrected chi connectivity index (χ4v) is 3.02. The lowest BCUT2D eigenvalue weighted by atomic mass is 9.92. The predicted molar refractivity (Wildman–Crippen MR) is 102 cm³/mol. The second-order valence-corrected chi connectivity index (χ2v) is 6.69. The molecule has 26 heavy (non-hydrogen) atoms. The lowest BCUT2D eigenvalue weighted by molar-refractivity contribution is 0.0975. The van der Waals surface area contributed by atoms with E-state index >= 15 is 0 Å². The van der Waals surface area contributed by atoms with Crippen LogP contribution in [0.2, 0.25) is 0 Å². The molecule has 1 aromatic heterocycles. The molecule has 1 N–H and O–H groups in total. The quantitative estimate of drug-likeness (QED) is 0.657. The van der Waals surface area contributed by atoms with Crippen LogP contribution in [0, 0.1) is 5.82 Å². The predicted octanol–water partition coefficient (Wildman–Crippen LogP) is 4.66. The number of hydrogen-bond acceptors (Lipinski definition) is 3. The maximum atomic E-state index is 13.1. The maximum Gasteiger partial charge on any atom is 0.163 e. The van der Waals surface area contributed by atoms with E-state index in [9.17, 15) is 9.18 Å². The van der Waals surface area contributed by atoms with Gasteiger partial charge in [0.2, 0.25) is 0 Å². The van der Waals surface area contributed by atoms with Gasteiger partial charge in [0.15, 0.2) is 5.78 Å². The number of carbonyl (C=O) groups excluding carboxylic acids is 1. The molecule has 2 aromatic carbocycles. The molecule has 3 rings (SSSR count). The van der Waals surface area contributed by atoms with Gasteiger partial charge in [0.25, 0.3) is 0 Å². The normalized spacial score (nSPS) is 12.0. The van der Waals surface area contributed by atoms with Crippen molar-refractivity contribution in [2.24, 2.45) is 0 Å². The summed E-state index contributed by atoms with van der Waals surface area (Å²) in [5, 5.41) is 6.82. The summed E-state index contributed by atoms with van der Waals surface area (Å²) in [6.07, 6.45) is 3.98. The third-order valence-corrected chi connectivity index (χ3v) is 4.54. The van der Waals surface area contributed by atoms with E-state index in [4.69, 9.17) is 0 Å². The van der Waals surface area contributed by atoms with E-state index in [-0.39, 0.29) is 17.5 Å². The standard InChI is InChI=1S/C21H22FN3O/c1-14(15-4-7-18(22)8-5-15)10-21(26)16-6-9-19(17-12-23-24-13-17)20(11-16)25(2)3/h4-9,11-14H,10H2,1-3H3,(H,23,24)/t14-/m0/s1. The molecule has 1 atom stereocenters. The Kier molecular flexibility index (Phi) is 5.16. The molecule has 0 spiro atoms. The van der Waals surface area contributed by atoms with Crippen molar-refractivity contribution in [2.75, 3.05) is 19.0 Å². The molecule has 0 aliphatic rings. The van der Waals surface area contributed by atoms with Crippen molar-refractivity contribution in [3.63, 3.8) is 0 Å². The van der Waals surface area contributed by atoms with Gasteiger partial charge >= 0.3 is 0 Å². The highest BCUT2D eigenvalue weighted by molar-refractivity contribution is 5.98. The summed E-state index contributed by atoms with van der Waals surface area (Å²) in [6, 6.07) is 12.1. The van der Waals surface area contributed by atoms with Crippen LogP contribution in [0.1, 0.15) is 35.2 Å². The van der Waals surface area contributed by atoms with Crippen LogP contribution in [0.5, 0.6) is 0 Å². The molecule has 0 unspecified atom stereocenters. The van der Waals surface area contributed by atoms with E-state index in [0.717, 1.165) is 22.4 Å². The van der Waals surface area contributed by atoms with Crippen LogP contribution in [-0.2, 0) is 0 Å². The van der Waals surface area contributed by atoms with Crippen molar-refractivity contribution in [2.45, 2.75) is 19.3 Å². The van der Waals surface area contributed by atoms with E-state index in [1.165, 1.54) is 12.1 Å². The van der Waals surface area contributed by atoms with Gasteiger partial charge in [-0.05, 0) is 29.7 Å². The molecule has 0 saturated carbocycles. The Morgan fingerprint density at radius 1 is 1.19 bits per heavy atom. The summed E-state index contributed by atoms with van der Waals surface area (Å²) in [7, 11) is 3.91. The van der Waals surface area contributed by atoms with Gasteiger partial charge in [0.1, 0.15) is 5.82 Å². The summed E-state index contributed by atoms with van der Waals surface area (Å²) in [5.74, 6) is -0.166. The summed E-state index contributed by atoms with van der Waals surface area (Å²) in [4.78, 5) is 14.7. The summed E-state index contributed by atoms with van der Waals surface area (Å²) < 4.78 is 13.1. The highest BCUT2D eigenvalue weighted by atomic mass is 19.1.